The maximum atomic E-state index is 11.7. The van der Waals surface area contributed by atoms with E-state index in [9.17, 15) is 19.5 Å². The molecule has 0 aliphatic rings. The Morgan fingerprint density at radius 1 is 1.00 bits per heavy atom. The molecule has 0 unspecified atom stereocenters. The molecule has 3 N–H and O–H groups in total. The number of esters is 1. The number of hydrogen-bond donors (Lipinski definition) is 3. The maximum absolute atomic E-state index is 11.7. The molecule has 7 heteroatoms. The first kappa shape index (κ1) is 17.0. The van der Waals surface area contributed by atoms with Crippen LogP contribution in [0.4, 0.5) is 4.79 Å². The summed E-state index contributed by atoms with van der Waals surface area (Å²) < 4.78 is 4.77. The van der Waals surface area contributed by atoms with Gasteiger partial charge in [-0.1, -0.05) is 36.4 Å². The van der Waals surface area contributed by atoms with Gasteiger partial charge >= 0.3 is 12.0 Å². The van der Waals surface area contributed by atoms with Crippen LogP contribution in [0.1, 0.15) is 15.9 Å². The van der Waals surface area contributed by atoms with Gasteiger partial charge in [0, 0.05) is 6.54 Å². The Kier molecular flexibility index (Phi) is 5.90. The summed E-state index contributed by atoms with van der Waals surface area (Å²) in [6.07, 6.45) is 0. The van der Waals surface area contributed by atoms with Crippen LogP contribution in [0.25, 0.3) is 0 Å². The highest BCUT2D eigenvalue weighted by molar-refractivity contribution is 5.97. The molecule has 0 aliphatic carbocycles. The number of benzene rings is 2. The second-order valence-electron chi connectivity index (χ2n) is 4.84. The molecule has 0 radical (unpaired) electrons. The van der Waals surface area contributed by atoms with E-state index in [2.05, 4.69) is 10.6 Å². The summed E-state index contributed by atoms with van der Waals surface area (Å²) in [4.78, 5) is 34.8. The third-order valence-corrected chi connectivity index (χ3v) is 2.97. The van der Waals surface area contributed by atoms with Gasteiger partial charge in [0.2, 0.25) is 0 Å². The zero-order chi connectivity index (χ0) is 17.4. The summed E-state index contributed by atoms with van der Waals surface area (Å²) in [5, 5.41) is 13.8. The Morgan fingerprint density at radius 2 is 1.75 bits per heavy atom. The summed E-state index contributed by atoms with van der Waals surface area (Å²) in [5.74, 6) is -1.62. The van der Waals surface area contributed by atoms with Gasteiger partial charge < -0.3 is 15.2 Å². The third-order valence-electron chi connectivity index (χ3n) is 2.97. The molecule has 0 aliphatic heterocycles. The standard InChI is InChI=1S/C17H16N2O5/c20-14-8-4-7-13(9-14)16(22)24-11-15(21)19-17(23)18-10-12-5-2-1-3-6-12/h1-9,20H,10-11H2,(H2,18,19,21,23). The van der Waals surface area contributed by atoms with Crippen molar-refractivity contribution in [1.82, 2.24) is 10.6 Å². The molecule has 3 amide bonds. The van der Waals surface area contributed by atoms with Crippen molar-refractivity contribution in [2.24, 2.45) is 0 Å². The van der Waals surface area contributed by atoms with Crippen LogP contribution in [0.5, 0.6) is 5.75 Å². The average molecular weight is 328 g/mol. The summed E-state index contributed by atoms with van der Waals surface area (Å²) >= 11 is 0. The van der Waals surface area contributed by atoms with Crippen molar-refractivity contribution in [2.75, 3.05) is 6.61 Å². The molecule has 0 heterocycles. The van der Waals surface area contributed by atoms with Crippen molar-refractivity contribution in [1.29, 1.82) is 0 Å². The first-order valence-electron chi connectivity index (χ1n) is 7.12. The molecule has 7 nitrogen and oxygen atoms in total. The first-order valence-corrected chi connectivity index (χ1v) is 7.12. The molecule has 2 rings (SSSR count). The Bertz CT molecular complexity index is 731. The smallest absolute Gasteiger partial charge is 0.338 e. The van der Waals surface area contributed by atoms with Crippen LogP contribution in [-0.2, 0) is 16.1 Å². The lowest BCUT2D eigenvalue weighted by molar-refractivity contribution is -0.123. The molecular weight excluding hydrogens is 312 g/mol. The third kappa shape index (κ3) is 5.45. The molecule has 0 aromatic heterocycles. The molecule has 0 fully saturated rings. The topological polar surface area (TPSA) is 105 Å². The van der Waals surface area contributed by atoms with Gasteiger partial charge in [-0.3, -0.25) is 10.1 Å². The van der Waals surface area contributed by atoms with Gasteiger partial charge in [0.1, 0.15) is 5.75 Å². The van der Waals surface area contributed by atoms with Crippen LogP contribution in [-0.4, -0.2) is 29.6 Å². The highest BCUT2D eigenvalue weighted by atomic mass is 16.5. The van der Waals surface area contributed by atoms with Gasteiger partial charge in [-0.25, -0.2) is 9.59 Å². The minimum Gasteiger partial charge on any atom is -0.508 e. The van der Waals surface area contributed by atoms with E-state index in [0.717, 1.165) is 5.56 Å². The van der Waals surface area contributed by atoms with Gasteiger partial charge in [-0.2, -0.15) is 0 Å². The second-order valence-corrected chi connectivity index (χ2v) is 4.84. The Balaban J connectivity index is 1.72. The number of phenolic OH excluding ortho intramolecular Hbond substituents is 1. The number of imide groups is 1. The minimum atomic E-state index is -0.772. The Hall–Kier alpha value is -3.35. The van der Waals surface area contributed by atoms with Gasteiger partial charge in [0.25, 0.3) is 5.91 Å². The number of hydrogen-bond acceptors (Lipinski definition) is 5. The SMILES string of the molecule is O=C(COC(=O)c1cccc(O)c1)NC(=O)NCc1ccccc1. The van der Waals surface area contributed by atoms with Gasteiger partial charge in [0.05, 0.1) is 5.56 Å². The predicted octanol–water partition coefficient (Wildman–Crippen LogP) is 1.58. The molecule has 0 spiro atoms. The van der Waals surface area contributed by atoms with Crippen LogP contribution >= 0.6 is 0 Å². The van der Waals surface area contributed by atoms with Crippen molar-refractivity contribution in [3.05, 3.63) is 65.7 Å². The molecular formula is C17H16N2O5. The van der Waals surface area contributed by atoms with Gasteiger partial charge in [-0.05, 0) is 23.8 Å². The average Bonchev–Trinajstić information content (AvgIpc) is 2.59. The fraction of sp³-hybridized carbons (Fsp3) is 0.118. The molecule has 0 saturated heterocycles. The monoisotopic (exact) mass is 328 g/mol. The summed E-state index contributed by atoms with van der Waals surface area (Å²) in [6, 6.07) is 14.0. The van der Waals surface area contributed by atoms with Crippen molar-refractivity contribution in [2.45, 2.75) is 6.54 Å². The van der Waals surface area contributed by atoms with E-state index in [1.807, 2.05) is 30.3 Å². The fourth-order valence-electron chi connectivity index (χ4n) is 1.83. The van der Waals surface area contributed by atoms with Crippen molar-refractivity contribution < 1.29 is 24.2 Å². The maximum Gasteiger partial charge on any atom is 0.338 e. The number of aromatic hydroxyl groups is 1. The van der Waals surface area contributed by atoms with E-state index in [0.29, 0.717) is 0 Å². The van der Waals surface area contributed by atoms with Crippen LogP contribution in [0, 0.1) is 0 Å². The fourth-order valence-corrected chi connectivity index (χ4v) is 1.83. The number of phenols is 1. The molecule has 0 saturated carbocycles. The highest BCUT2D eigenvalue weighted by Gasteiger charge is 2.12. The summed E-state index contributed by atoms with van der Waals surface area (Å²) in [6.45, 7) is -0.337. The molecule has 0 bridgehead atoms. The van der Waals surface area contributed by atoms with E-state index in [1.165, 1.54) is 24.3 Å². The van der Waals surface area contributed by atoms with E-state index in [1.54, 1.807) is 0 Å². The predicted molar refractivity (Wildman–Crippen MR) is 85.2 cm³/mol. The first-order chi connectivity index (χ1) is 11.5. The Labute approximate surface area is 138 Å². The van der Waals surface area contributed by atoms with E-state index >= 15 is 0 Å². The highest BCUT2D eigenvalue weighted by Crippen LogP contribution is 2.11. The summed E-state index contributed by atoms with van der Waals surface area (Å²) in [7, 11) is 0. The van der Waals surface area contributed by atoms with E-state index in [-0.39, 0.29) is 17.9 Å². The van der Waals surface area contributed by atoms with E-state index < -0.39 is 24.5 Å². The van der Waals surface area contributed by atoms with Crippen molar-refractivity contribution in [3.8, 4) is 5.75 Å². The number of carbonyl (C=O) groups is 3. The molecule has 2 aromatic carbocycles. The van der Waals surface area contributed by atoms with Crippen LogP contribution in [0.2, 0.25) is 0 Å². The Morgan fingerprint density at radius 3 is 2.46 bits per heavy atom. The molecule has 24 heavy (non-hydrogen) atoms. The minimum absolute atomic E-state index is 0.0887. The number of nitrogens with one attached hydrogen (secondary N) is 2. The van der Waals surface area contributed by atoms with Crippen LogP contribution < -0.4 is 10.6 Å². The van der Waals surface area contributed by atoms with Crippen LogP contribution in [0.3, 0.4) is 0 Å². The second kappa shape index (κ2) is 8.33. The quantitative estimate of drug-likeness (QED) is 0.723. The molecule has 0 atom stereocenters. The zero-order valence-electron chi connectivity index (χ0n) is 12.7. The van der Waals surface area contributed by atoms with E-state index in [4.69, 9.17) is 4.74 Å². The number of rotatable bonds is 5. The lowest BCUT2D eigenvalue weighted by atomic mass is 10.2. The van der Waals surface area contributed by atoms with Crippen molar-refractivity contribution >= 4 is 17.9 Å². The van der Waals surface area contributed by atoms with Gasteiger partial charge in [0.15, 0.2) is 6.61 Å². The number of ether oxygens (including phenoxy) is 1. The lowest BCUT2D eigenvalue weighted by Gasteiger charge is -2.07. The van der Waals surface area contributed by atoms with Gasteiger partial charge in [-0.15, -0.1) is 0 Å². The normalized spacial score (nSPS) is 9.83. The molecule has 2 aromatic rings. The zero-order valence-corrected chi connectivity index (χ0v) is 12.7. The van der Waals surface area contributed by atoms with Crippen molar-refractivity contribution in [3.63, 3.8) is 0 Å². The largest absolute Gasteiger partial charge is 0.508 e. The van der Waals surface area contributed by atoms with Crippen LogP contribution in [0.15, 0.2) is 54.6 Å². The number of amides is 3. The molecule has 124 valence electrons. The number of urea groups is 1. The lowest BCUT2D eigenvalue weighted by Crippen LogP contribution is -2.41. The number of carbonyl (C=O) groups excluding carboxylic acids is 3. The summed E-state index contributed by atoms with van der Waals surface area (Å²) in [5.41, 5.74) is 0.992.